The predicted molar refractivity (Wildman–Crippen MR) is 166 cm³/mol. The lowest BCUT2D eigenvalue weighted by Gasteiger charge is -2.21. The number of esters is 1. The average Bonchev–Trinajstić information content (AvgIpc) is 3.04. The zero-order chi connectivity index (χ0) is 30.7. The molecule has 0 aliphatic heterocycles. The molecule has 220 valence electrons. The Balaban J connectivity index is 1.91. The fourth-order valence-electron chi connectivity index (χ4n) is 5.10. The van der Waals surface area contributed by atoms with Gasteiger partial charge in [-0.05, 0) is 66.6 Å². The Morgan fingerprint density at radius 1 is 0.767 bits per heavy atom. The predicted octanol–water partition coefficient (Wildman–Crippen LogP) is 5.94. The van der Waals surface area contributed by atoms with Crippen LogP contribution in [0.25, 0.3) is 27.6 Å². The molecule has 0 atom stereocenters. The lowest BCUT2D eigenvalue weighted by Crippen LogP contribution is -2.27. The molecule has 43 heavy (non-hydrogen) atoms. The second-order valence-corrected chi connectivity index (χ2v) is 9.78. The summed E-state index contributed by atoms with van der Waals surface area (Å²) in [5.41, 5.74) is 9.15. The molecule has 0 spiro atoms. The summed E-state index contributed by atoms with van der Waals surface area (Å²) < 4.78 is 29.8. The molecule has 4 aromatic carbocycles. The van der Waals surface area contributed by atoms with E-state index >= 15 is 0 Å². The van der Waals surface area contributed by atoms with Crippen LogP contribution in [0.1, 0.15) is 21.6 Å². The van der Waals surface area contributed by atoms with E-state index in [4.69, 9.17) is 29.4 Å². The molecule has 5 rings (SSSR count). The minimum atomic E-state index is -0.715. The summed E-state index contributed by atoms with van der Waals surface area (Å²) in [6.45, 7) is 2.13. The summed E-state index contributed by atoms with van der Waals surface area (Å²) in [6, 6.07) is 23.3. The van der Waals surface area contributed by atoms with E-state index in [1.54, 1.807) is 62.8 Å². The van der Waals surface area contributed by atoms with E-state index in [9.17, 15) is 9.59 Å². The molecule has 2 N–H and O–H groups in total. The lowest BCUT2D eigenvalue weighted by molar-refractivity contribution is 0.0591. The molecule has 0 fully saturated rings. The molecule has 0 saturated carbocycles. The third-order valence-electron chi connectivity index (χ3n) is 7.28. The first-order valence-electron chi connectivity index (χ1n) is 13.5. The fraction of sp³-hybridized carbons (Fsp3) is 0.176. The Labute approximate surface area is 248 Å². The van der Waals surface area contributed by atoms with E-state index in [0.29, 0.717) is 56.3 Å². The standard InChI is InChI=1S/C34H32N2O7/c1-20-27(39-2)15-22(16-28(20)40-3)31-25-17-29(41-4)30(43-19-21-9-7-6-8-10-21)18-26(25)33(37)36(32(31)34(38)42-5)24-13-11-23(35)12-14-24/h6-18H,19,35H2,1-5H3. The largest absolute Gasteiger partial charge is 0.496 e. The van der Waals surface area contributed by atoms with Crippen LogP contribution in [0, 0.1) is 6.92 Å². The maximum absolute atomic E-state index is 14.3. The highest BCUT2D eigenvalue weighted by Crippen LogP contribution is 2.42. The number of aromatic nitrogens is 1. The lowest BCUT2D eigenvalue weighted by atomic mass is 9.94. The number of carbonyl (C=O) groups excluding carboxylic acids is 1. The molecule has 0 aliphatic carbocycles. The van der Waals surface area contributed by atoms with Crippen LogP contribution in [0.2, 0.25) is 0 Å². The highest BCUT2D eigenvalue weighted by atomic mass is 16.5. The number of ether oxygens (including phenoxy) is 5. The summed E-state index contributed by atoms with van der Waals surface area (Å²) >= 11 is 0. The van der Waals surface area contributed by atoms with Crippen molar-refractivity contribution in [2.45, 2.75) is 13.5 Å². The highest BCUT2D eigenvalue weighted by Gasteiger charge is 2.27. The third-order valence-corrected chi connectivity index (χ3v) is 7.28. The number of benzene rings is 4. The molecule has 5 aromatic rings. The molecular weight excluding hydrogens is 548 g/mol. The molecule has 0 radical (unpaired) electrons. The number of carbonyl (C=O) groups is 1. The van der Waals surface area contributed by atoms with Crippen LogP contribution in [0.4, 0.5) is 5.69 Å². The first-order valence-corrected chi connectivity index (χ1v) is 13.5. The zero-order valence-electron chi connectivity index (χ0n) is 24.6. The molecule has 1 aromatic heterocycles. The molecule has 0 unspecified atom stereocenters. The molecule has 0 aliphatic rings. The van der Waals surface area contributed by atoms with Crippen LogP contribution in [0.5, 0.6) is 23.0 Å². The number of rotatable bonds is 9. The van der Waals surface area contributed by atoms with Gasteiger partial charge >= 0.3 is 5.97 Å². The van der Waals surface area contributed by atoms with Crippen LogP contribution in [-0.2, 0) is 11.3 Å². The number of anilines is 1. The topological polar surface area (TPSA) is 111 Å². The van der Waals surface area contributed by atoms with Crippen molar-refractivity contribution in [3.8, 4) is 39.8 Å². The van der Waals surface area contributed by atoms with Gasteiger partial charge < -0.3 is 29.4 Å². The van der Waals surface area contributed by atoms with Crippen molar-refractivity contribution in [1.82, 2.24) is 4.57 Å². The molecule has 0 saturated heterocycles. The number of nitrogens with two attached hydrogens (primary N) is 1. The quantitative estimate of drug-likeness (QED) is 0.168. The molecular formula is C34H32N2O7. The SMILES string of the molecule is COC(=O)c1c(-c2cc(OC)c(C)c(OC)c2)c2cc(OC)c(OCc3ccccc3)cc2c(=O)n1-c1ccc(N)cc1. The van der Waals surface area contributed by atoms with Gasteiger partial charge in [0, 0.05) is 27.9 Å². The minimum absolute atomic E-state index is 0.0118. The van der Waals surface area contributed by atoms with E-state index in [0.717, 1.165) is 11.1 Å². The van der Waals surface area contributed by atoms with Crippen molar-refractivity contribution in [1.29, 1.82) is 0 Å². The van der Waals surface area contributed by atoms with Crippen LogP contribution >= 0.6 is 0 Å². The number of nitrogen functional groups attached to an aromatic ring is 1. The molecule has 9 heteroatoms. The summed E-state index contributed by atoms with van der Waals surface area (Å²) in [7, 11) is 5.90. The number of nitrogens with zero attached hydrogens (tertiary/aromatic N) is 1. The van der Waals surface area contributed by atoms with Gasteiger partial charge in [-0.1, -0.05) is 30.3 Å². The van der Waals surface area contributed by atoms with Crippen LogP contribution < -0.4 is 30.2 Å². The highest BCUT2D eigenvalue weighted by molar-refractivity contribution is 6.08. The van der Waals surface area contributed by atoms with Crippen molar-refractivity contribution < 1.29 is 28.5 Å². The van der Waals surface area contributed by atoms with E-state index in [-0.39, 0.29) is 12.3 Å². The summed E-state index contributed by atoms with van der Waals surface area (Å²) in [6.07, 6.45) is 0. The van der Waals surface area contributed by atoms with Gasteiger partial charge in [0.15, 0.2) is 11.5 Å². The average molecular weight is 581 g/mol. The zero-order valence-corrected chi connectivity index (χ0v) is 24.6. The van der Waals surface area contributed by atoms with Crippen molar-refractivity contribution in [2.24, 2.45) is 0 Å². The Hall–Kier alpha value is -5.44. The van der Waals surface area contributed by atoms with E-state index in [1.807, 2.05) is 37.3 Å². The Bertz CT molecular complexity index is 1840. The second kappa shape index (κ2) is 12.2. The first kappa shape index (κ1) is 29.1. The number of methoxy groups -OCH3 is 4. The van der Waals surface area contributed by atoms with Gasteiger partial charge in [-0.25, -0.2) is 4.79 Å². The number of pyridine rings is 1. The van der Waals surface area contributed by atoms with E-state index in [1.165, 1.54) is 18.8 Å². The van der Waals surface area contributed by atoms with Crippen molar-refractivity contribution >= 4 is 22.4 Å². The number of fused-ring (bicyclic) bond motifs is 1. The van der Waals surface area contributed by atoms with Gasteiger partial charge in [-0.15, -0.1) is 0 Å². The molecule has 9 nitrogen and oxygen atoms in total. The Morgan fingerprint density at radius 3 is 1.95 bits per heavy atom. The maximum Gasteiger partial charge on any atom is 0.355 e. The normalized spacial score (nSPS) is 10.8. The molecule has 0 bridgehead atoms. The molecule has 0 amide bonds. The van der Waals surface area contributed by atoms with Crippen LogP contribution in [0.3, 0.4) is 0 Å². The smallest absolute Gasteiger partial charge is 0.355 e. The monoisotopic (exact) mass is 580 g/mol. The molecule has 1 heterocycles. The summed E-state index contributed by atoms with van der Waals surface area (Å²) in [4.78, 5) is 27.9. The van der Waals surface area contributed by atoms with Crippen molar-refractivity contribution in [2.75, 3.05) is 34.2 Å². The first-order chi connectivity index (χ1) is 20.8. The Morgan fingerprint density at radius 2 is 1.37 bits per heavy atom. The second-order valence-electron chi connectivity index (χ2n) is 9.78. The van der Waals surface area contributed by atoms with Crippen molar-refractivity contribution in [3.63, 3.8) is 0 Å². The van der Waals surface area contributed by atoms with Gasteiger partial charge in [0.25, 0.3) is 5.56 Å². The van der Waals surface area contributed by atoms with Gasteiger partial charge in [0.2, 0.25) is 0 Å². The van der Waals surface area contributed by atoms with Crippen LogP contribution in [0.15, 0.2) is 83.7 Å². The van der Waals surface area contributed by atoms with Crippen LogP contribution in [-0.4, -0.2) is 39.0 Å². The van der Waals surface area contributed by atoms with Gasteiger partial charge in [-0.2, -0.15) is 0 Å². The van der Waals surface area contributed by atoms with E-state index < -0.39 is 11.5 Å². The fourth-order valence-corrected chi connectivity index (χ4v) is 5.10. The van der Waals surface area contributed by atoms with Gasteiger partial charge in [0.1, 0.15) is 23.8 Å². The Kier molecular flexibility index (Phi) is 8.25. The number of hydrogen-bond donors (Lipinski definition) is 1. The minimum Gasteiger partial charge on any atom is -0.496 e. The summed E-state index contributed by atoms with van der Waals surface area (Å²) in [5.74, 6) is 1.12. The number of hydrogen-bond acceptors (Lipinski definition) is 8. The maximum atomic E-state index is 14.3. The van der Waals surface area contributed by atoms with Gasteiger partial charge in [-0.3, -0.25) is 9.36 Å². The van der Waals surface area contributed by atoms with Gasteiger partial charge in [0.05, 0.1) is 33.8 Å². The van der Waals surface area contributed by atoms with E-state index in [2.05, 4.69) is 0 Å². The van der Waals surface area contributed by atoms with Crippen molar-refractivity contribution in [3.05, 3.63) is 106 Å². The third kappa shape index (κ3) is 5.44. The summed E-state index contributed by atoms with van der Waals surface area (Å²) in [5, 5.41) is 0.746.